The van der Waals surface area contributed by atoms with Crippen molar-refractivity contribution in [2.24, 2.45) is 0 Å². The van der Waals surface area contributed by atoms with Crippen molar-refractivity contribution in [2.45, 2.75) is 320 Å². The number of unbranched alkanes of at least 4 members (excludes halogenated alkanes) is 27. The summed E-state index contributed by atoms with van der Waals surface area (Å²) in [6, 6.07) is -1.04. The molecule has 1 aliphatic heterocycles. The Morgan fingerprint density at radius 1 is 0.494 bits per heavy atom. The minimum atomic E-state index is -1.63. The Balaban J connectivity index is 2.63. The van der Waals surface area contributed by atoms with Gasteiger partial charge in [-0.3, -0.25) is 9.59 Å². The van der Waals surface area contributed by atoms with E-state index < -0.39 is 67.4 Å². The number of aliphatic hydroxyl groups is 5. The van der Waals surface area contributed by atoms with Crippen molar-refractivity contribution in [3.05, 3.63) is 97.2 Å². The zero-order valence-corrected chi connectivity index (χ0v) is 51.6. The maximum atomic E-state index is 13.5. The Morgan fingerprint density at radius 3 is 1.36 bits per heavy atom. The van der Waals surface area contributed by atoms with E-state index in [9.17, 15) is 35.1 Å². The Kier molecular flexibility index (Phi) is 53.2. The van der Waals surface area contributed by atoms with Crippen molar-refractivity contribution in [2.75, 3.05) is 13.2 Å². The average molecular weight is 1140 g/mol. The summed E-state index contributed by atoms with van der Waals surface area (Å²) >= 11 is 0. The number of amides is 1. The number of hydrogen-bond donors (Lipinski definition) is 6. The summed E-state index contributed by atoms with van der Waals surface area (Å²) in [5.74, 6) is -1.23. The molecule has 1 saturated heterocycles. The third-order valence-electron chi connectivity index (χ3n) is 15.0. The molecule has 1 amide bonds. The highest BCUT2D eigenvalue weighted by Crippen LogP contribution is 2.26. The molecule has 466 valence electrons. The first-order valence-corrected chi connectivity index (χ1v) is 33.0. The molecule has 8 atom stereocenters. The number of ether oxygens (including phenoxy) is 3. The van der Waals surface area contributed by atoms with Crippen LogP contribution < -0.4 is 5.32 Å². The lowest BCUT2D eigenvalue weighted by Gasteiger charge is -2.41. The van der Waals surface area contributed by atoms with E-state index >= 15 is 0 Å². The summed E-state index contributed by atoms with van der Waals surface area (Å²) in [7, 11) is 0. The molecule has 11 nitrogen and oxygen atoms in total. The van der Waals surface area contributed by atoms with Crippen LogP contribution in [0.3, 0.4) is 0 Å². The van der Waals surface area contributed by atoms with Gasteiger partial charge in [0.05, 0.1) is 25.4 Å². The minimum absolute atomic E-state index is 0.0805. The van der Waals surface area contributed by atoms with Crippen LogP contribution in [0.1, 0.15) is 271 Å². The Bertz CT molecular complexity index is 1690. The molecule has 1 heterocycles. The topological polar surface area (TPSA) is 175 Å². The zero-order chi connectivity index (χ0) is 58.9. The van der Waals surface area contributed by atoms with Gasteiger partial charge in [0, 0.05) is 6.42 Å². The van der Waals surface area contributed by atoms with E-state index in [2.05, 4.69) is 111 Å². The van der Waals surface area contributed by atoms with E-state index in [1.54, 1.807) is 6.08 Å². The smallest absolute Gasteiger partial charge is 0.306 e. The van der Waals surface area contributed by atoms with E-state index in [1.165, 1.54) is 122 Å². The van der Waals surface area contributed by atoms with Gasteiger partial charge in [0.15, 0.2) is 12.4 Å². The highest BCUT2D eigenvalue weighted by Gasteiger charge is 2.47. The quantitative estimate of drug-likeness (QED) is 0.0195. The van der Waals surface area contributed by atoms with Crippen molar-refractivity contribution >= 4 is 11.9 Å². The van der Waals surface area contributed by atoms with Crippen LogP contribution in [-0.4, -0.2) is 99.6 Å². The lowest BCUT2D eigenvalue weighted by molar-refractivity contribution is -0.305. The summed E-state index contributed by atoms with van der Waals surface area (Å²) in [5.41, 5.74) is 0. The number of carbonyl (C=O) groups excluding carboxylic acids is 2. The zero-order valence-electron chi connectivity index (χ0n) is 51.6. The number of nitrogens with one attached hydrogen (secondary N) is 1. The van der Waals surface area contributed by atoms with Crippen molar-refractivity contribution < 1.29 is 49.3 Å². The largest absolute Gasteiger partial charge is 0.454 e. The molecule has 1 fully saturated rings. The maximum absolute atomic E-state index is 13.5. The van der Waals surface area contributed by atoms with E-state index in [4.69, 9.17) is 14.2 Å². The number of aliphatic hydroxyl groups excluding tert-OH is 5. The van der Waals surface area contributed by atoms with E-state index in [-0.39, 0.29) is 19.4 Å². The predicted molar refractivity (Wildman–Crippen MR) is 338 cm³/mol. The molecule has 0 aromatic carbocycles. The lowest BCUT2D eigenvalue weighted by atomic mass is 9.99. The van der Waals surface area contributed by atoms with Gasteiger partial charge < -0.3 is 45.1 Å². The average Bonchev–Trinajstić information content (AvgIpc) is 3.50. The minimum Gasteiger partial charge on any atom is -0.454 e. The van der Waals surface area contributed by atoms with Crippen molar-refractivity contribution in [3.63, 3.8) is 0 Å². The van der Waals surface area contributed by atoms with Crippen LogP contribution in [0, 0.1) is 0 Å². The fraction of sp³-hybridized carbons (Fsp3) is 0.743. The van der Waals surface area contributed by atoms with Crippen molar-refractivity contribution in [1.29, 1.82) is 0 Å². The first kappa shape index (κ1) is 75.6. The molecule has 0 aromatic heterocycles. The normalized spacial score (nSPS) is 19.3. The SMILES string of the molecule is CC/C=C\C/C=C\C/C=C\C/C=C\C/C=C\CCCCCC(=O)OC1C(OCC(NC(=O)C(O)CCCCCCCCCCCCCC/C=C\C/C=C\CCCCC)C(O)/C=C/CCCCCCCCCCC)OC(CO)C(O)C1O. The fourth-order valence-electron chi connectivity index (χ4n) is 9.77. The summed E-state index contributed by atoms with van der Waals surface area (Å²) in [4.78, 5) is 26.6. The number of carbonyl (C=O) groups is 2. The molecule has 81 heavy (non-hydrogen) atoms. The van der Waals surface area contributed by atoms with Crippen LogP contribution in [0.2, 0.25) is 0 Å². The van der Waals surface area contributed by atoms with Crippen LogP contribution in [0.25, 0.3) is 0 Å². The molecule has 6 N–H and O–H groups in total. The highest BCUT2D eigenvalue weighted by atomic mass is 16.7. The van der Waals surface area contributed by atoms with E-state index in [0.717, 1.165) is 103 Å². The van der Waals surface area contributed by atoms with Gasteiger partial charge in [-0.2, -0.15) is 0 Å². The lowest BCUT2D eigenvalue weighted by Crippen LogP contribution is -2.61. The van der Waals surface area contributed by atoms with Gasteiger partial charge in [0.1, 0.15) is 24.4 Å². The van der Waals surface area contributed by atoms with Gasteiger partial charge in [-0.15, -0.1) is 0 Å². The standard InChI is InChI=1S/C70H121NO10/c1-4-7-10-13-16-19-22-24-26-28-30-31-32-34-35-37-39-42-45-48-51-54-57-63(74)69(78)71-61(62(73)56-53-50-47-44-41-21-18-15-12-9-6-3)60-79-70-68(67(77)66(76)64(59-72)80-70)81-65(75)58-55-52-49-46-43-40-38-36-33-29-27-25-23-20-17-14-11-8-5-2/h8,11,16-17,19-20,24-27,33,36,40,43,53,56,61-64,66-68,70,72-74,76-77H,4-7,9-10,12-15,18,21-23,28-32,34-35,37-39,41-42,44-52,54-55,57-60H2,1-3H3,(H,71,78)/b11-8-,19-16-,20-17-,26-24-,27-25-,36-33-,43-40-,56-53+. The summed E-state index contributed by atoms with van der Waals surface area (Å²) < 4.78 is 17.6. The molecule has 0 aliphatic carbocycles. The monoisotopic (exact) mass is 1140 g/mol. The second-order valence-electron chi connectivity index (χ2n) is 22.5. The Hall–Kier alpha value is -3.42. The van der Waals surface area contributed by atoms with Gasteiger partial charge in [0.25, 0.3) is 0 Å². The molecule has 0 bridgehead atoms. The summed E-state index contributed by atoms with van der Waals surface area (Å²) in [6.07, 6.45) is 65.9. The molecule has 11 heteroatoms. The fourth-order valence-corrected chi connectivity index (χ4v) is 9.77. The van der Waals surface area contributed by atoms with Gasteiger partial charge in [0.2, 0.25) is 5.91 Å². The van der Waals surface area contributed by atoms with Crippen molar-refractivity contribution in [1.82, 2.24) is 5.32 Å². The van der Waals surface area contributed by atoms with Crippen LogP contribution in [0.15, 0.2) is 97.2 Å². The third kappa shape index (κ3) is 44.7. The van der Waals surface area contributed by atoms with Crippen LogP contribution in [0.4, 0.5) is 0 Å². The number of esters is 1. The molecule has 1 aliphatic rings. The molecule has 0 aromatic rings. The van der Waals surface area contributed by atoms with Gasteiger partial charge in [-0.1, -0.05) is 259 Å². The van der Waals surface area contributed by atoms with E-state index in [1.807, 2.05) is 6.08 Å². The number of hydrogen-bond acceptors (Lipinski definition) is 10. The molecule has 0 saturated carbocycles. The first-order valence-electron chi connectivity index (χ1n) is 33.0. The molecular weight excluding hydrogens is 1010 g/mol. The summed E-state index contributed by atoms with van der Waals surface area (Å²) in [5, 5.41) is 57.1. The van der Waals surface area contributed by atoms with Crippen molar-refractivity contribution in [3.8, 4) is 0 Å². The first-order chi connectivity index (χ1) is 39.7. The van der Waals surface area contributed by atoms with Crippen LogP contribution in [-0.2, 0) is 23.8 Å². The maximum Gasteiger partial charge on any atom is 0.306 e. The molecule has 8 unspecified atom stereocenters. The Morgan fingerprint density at radius 2 is 0.889 bits per heavy atom. The third-order valence-corrected chi connectivity index (χ3v) is 15.0. The van der Waals surface area contributed by atoms with E-state index in [0.29, 0.717) is 12.8 Å². The number of allylic oxidation sites excluding steroid dienone is 15. The van der Waals surface area contributed by atoms with Crippen LogP contribution >= 0.6 is 0 Å². The molecule has 1 rings (SSSR count). The number of rotatable bonds is 55. The molecule has 0 radical (unpaired) electrons. The Labute approximate surface area is 495 Å². The second kappa shape index (κ2) is 57.0. The second-order valence-corrected chi connectivity index (χ2v) is 22.5. The predicted octanol–water partition coefficient (Wildman–Crippen LogP) is 16.3. The van der Waals surface area contributed by atoms with Gasteiger partial charge >= 0.3 is 5.97 Å². The molecular formula is C70H121NO10. The summed E-state index contributed by atoms with van der Waals surface area (Å²) in [6.45, 7) is 5.63. The van der Waals surface area contributed by atoms with Gasteiger partial charge in [-0.05, 0) is 103 Å². The van der Waals surface area contributed by atoms with Crippen LogP contribution in [0.5, 0.6) is 0 Å². The highest BCUT2D eigenvalue weighted by molar-refractivity contribution is 5.80. The van der Waals surface area contributed by atoms with Gasteiger partial charge in [-0.25, -0.2) is 0 Å². The molecule has 0 spiro atoms.